The lowest BCUT2D eigenvalue weighted by molar-refractivity contribution is 0.570. The molecule has 0 radical (unpaired) electrons. The quantitative estimate of drug-likeness (QED) is 0.913. The molecule has 2 heterocycles. The molecule has 2 aromatic heterocycles. The van der Waals surface area contributed by atoms with E-state index in [0.29, 0.717) is 13.1 Å². The summed E-state index contributed by atoms with van der Waals surface area (Å²) >= 11 is 0. The van der Waals surface area contributed by atoms with Crippen molar-refractivity contribution in [3.8, 4) is 0 Å². The van der Waals surface area contributed by atoms with Crippen molar-refractivity contribution in [3.05, 3.63) is 47.8 Å². The zero-order valence-corrected chi connectivity index (χ0v) is 11.4. The number of anilines is 2. The molecule has 0 aromatic carbocycles. The van der Waals surface area contributed by atoms with Gasteiger partial charge in [-0.3, -0.25) is 4.98 Å². The molecular weight excluding hydrogens is 262 g/mol. The van der Waals surface area contributed by atoms with Crippen LogP contribution in [0.5, 0.6) is 0 Å². The fourth-order valence-electron chi connectivity index (χ4n) is 1.90. The van der Waals surface area contributed by atoms with Gasteiger partial charge in [-0.1, -0.05) is 0 Å². The molecule has 6 heteroatoms. The molecule has 20 heavy (non-hydrogen) atoms. The Hall–Kier alpha value is -2.24. The van der Waals surface area contributed by atoms with E-state index < -0.39 is 11.6 Å². The van der Waals surface area contributed by atoms with Gasteiger partial charge in [-0.2, -0.15) is 0 Å². The Balaban J connectivity index is 2.32. The predicted molar refractivity (Wildman–Crippen MR) is 74.7 cm³/mol. The van der Waals surface area contributed by atoms with Crippen molar-refractivity contribution >= 4 is 11.6 Å². The van der Waals surface area contributed by atoms with Crippen molar-refractivity contribution < 1.29 is 8.78 Å². The Labute approximate surface area is 116 Å². The minimum atomic E-state index is -0.700. The van der Waals surface area contributed by atoms with Crippen LogP contribution in [0, 0.1) is 11.6 Å². The average molecular weight is 278 g/mol. The first-order valence-corrected chi connectivity index (χ1v) is 6.33. The van der Waals surface area contributed by atoms with E-state index >= 15 is 0 Å². The van der Waals surface area contributed by atoms with E-state index in [2.05, 4.69) is 15.3 Å². The highest BCUT2D eigenvalue weighted by Crippen LogP contribution is 2.23. The van der Waals surface area contributed by atoms with E-state index in [9.17, 15) is 8.78 Å². The SMILES string of the molecule is CCN(Cc1ccncc1)c1nc(NC)c(F)cc1F. The van der Waals surface area contributed by atoms with Gasteiger partial charge < -0.3 is 10.2 Å². The number of hydrogen-bond acceptors (Lipinski definition) is 4. The Morgan fingerprint density at radius 1 is 1.20 bits per heavy atom. The van der Waals surface area contributed by atoms with E-state index in [4.69, 9.17) is 0 Å². The molecule has 0 atom stereocenters. The Kier molecular flexibility index (Phi) is 4.45. The summed E-state index contributed by atoms with van der Waals surface area (Å²) in [5, 5.41) is 2.62. The number of nitrogens with one attached hydrogen (secondary N) is 1. The van der Waals surface area contributed by atoms with Crippen molar-refractivity contribution in [1.82, 2.24) is 9.97 Å². The molecular formula is C14H16F2N4. The molecule has 0 spiro atoms. The van der Waals surface area contributed by atoms with E-state index in [1.165, 1.54) is 0 Å². The lowest BCUT2D eigenvalue weighted by atomic mass is 10.2. The lowest BCUT2D eigenvalue weighted by Gasteiger charge is -2.23. The van der Waals surface area contributed by atoms with Crippen LogP contribution in [0.2, 0.25) is 0 Å². The van der Waals surface area contributed by atoms with Crippen LogP contribution in [-0.2, 0) is 6.54 Å². The maximum Gasteiger partial charge on any atom is 0.168 e. The zero-order chi connectivity index (χ0) is 14.5. The minimum absolute atomic E-state index is 0.0366. The van der Waals surface area contributed by atoms with E-state index in [-0.39, 0.29) is 11.6 Å². The molecule has 2 rings (SSSR count). The lowest BCUT2D eigenvalue weighted by Crippen LogP contribution is -2.24. The van der Waals surface area contributed by atoms with Crippen LogP contribution in [0.1, 0.15) is 12.5 Å². The van der Waals surface area contributed by atoms with Gasteiger partial charge in [0.25, 0.3) is 0 Å². The van der Waals surface area contributed by atoms with Gasteiger partial charge in [-0.25, -0.2) is 13.8 Å². The van der Waals surface area contributed by atoms with Crippen LogP contribution >= 0.6 is 0 Å². The van der Waals surface area contributed by atoms with Gasteiger partial charge in [0.1, 0.15) is 0 Å². The molecule has 0 saturated carbocycles. The number of aromatic nitrogens is 2. The number of rotatable bonds is 5. The summed E-state index contributed by atoms with van der Waals surface area (Å²) < 4.78 is 27.4. The third kappa shape index (κ3) is 3.01. The summed E-state index contributed by atoms with van der Waals surface area (Å²) in [6.07, 6.45) is 3.35. The first-order chi connectivity index (χ1) is 9.65. The van der Waals surface area contributed by atoms with Gasteiger partial charge in [-0.15, -0.1) is 0 Å². The standard InChI is InChI=1S/C14H16F2N4/c1-3-20(9-10-4-6-18-7-5-10)14-12(16)8-11(15)13(17-2)19-14/h4-8H,3,9H2,1-2H3,(H,17,19). The highest BCUT2D eigenvalue weighted by atomic mass is 19.1. The molecule has 0 amide bonds. The van der Waals surface area contributed by atoms with E-state index in [0.717, 1.165) is 11.6 Å². The Morgan fingerprint density at radius 2 is 1.90 bits per heavy atom. The fourth-order valence-corrected chi connectivity index (χ4v) is 1.90. The minimum Gasteiger partial charge on any atom is -0.371 e. The van der Waals surface area contributed by atoms with Crippen molar-refractivity contribution in [3.63, 3.8) is 0 Å². The first kappa shape index (κ1) is 14.2. The number of hydrogen-bond donors (Lipinski definition) is 1. The van der Waals surface area contributed by atoms with Crippen molar-refractivity contribution in [2.24, 2.45) is 0 Å². The topological polar surface area (TPSA) is 41.1 Å². The molecule has 1 N–H and O–H groups in total. The smallest absolute Gasteiger partial charge is 0.168 e. The van der Waals surface area contributed by atoms with Gasteiger partial charge in [0.2, 0.25) is 0 Å². The Morgan fingerprint density at radius 3 is 2.50 bits per heavy atom. The normalized spacial score (nSPS) is 10.4. The van der Waals surface area contributed by atoms with Crippen molar-refractivity contribution in [2.75, 3.05) is 23.8 Å². The highest BCUT2D eigenvalue weighted by Gasteiger charge is 2.16. The summed E-state index contributed by atoms with van der Waals surface area (Å²) in [5.41, 5.74) is 0.985. The van der Waals surface area contributed by atoms with Crippen LogP contribution in [0.4, 0.5) is 20.4 Å². The molecule has 0 aliphatic heterocycles. The van der Waals surface area contributed by atoms with Crippen LogP contribution in [0.25, 0.3) is 0 Å². The third-order valence-electron chi connectivity index (χ3n) is 2.95. The number of halogens is 2. The van der Waals surface area contributed by atoms with Crippen LogP contribution in [0.3, 0.4) is 0 Å². The largest absolute Gasteiger partial charge is 0.371 e. The monoisotopic (exact) mass is 278 g/mol. The summed E-state index contributed by atoms with van der Waals surface area (Å²) in [7, 11) is 1.55. The molecule has 0 bridgehead atoms. The second-order valence-electron chi connectivity index (χ2n) is 4.24. The number of nitrogens with zero attached hydrogens (tertiary/aromatic N) is 3. The summed E-state index contributed by atoms with van der Waals surface area (Å²) in [6.45, 7) is 2.93. The molecule has 0 aliphatic rings. The maximum atomic E-state index is 13.9. The molecule has 4 nitrogen and oxygen atoms in total. The molecule has 0 saturated heterocycles. The van der Waals surface area contributed by atoms with Gasteiger partial charge in [0.15, 0.2) is 23.3 Å². The first-order valence-electron chi connectivity index (χ1n) is 6.33. The van der Waals surface area contributed by atoms with Gasteiger partial charge in [-0.05, 0) is 24.6 Å². The molecule has 0 unspecified atom stereocenters. The van der Waals surface area contributed by atoms with Crippen molar-refractivity contribution in [1.29, 1.82) is 0 Å². The van der Waals surface area contributed by atoms with Gasteiger partial charge in [0, 0.05) is 38.6 Å². The fraction of sp³-hybridized carbons (Fsp3) is 0.286. The van der Waals surface area contributed by atoms with Crippen LogP contribution in [0.15, 0.2) is 30.6 Å². The molecule has 0 aliphatic carbocycles. The highest BCUT2D eigenvalue weighted by molar-refractivity contribution is 5.49. The van der Waals surface area contributed by atoms with Crippen LogP contribution < -0.4 is 10.2 Å². The van der Waals surface area contributed by atoms with E-state index in [1.54, 1.807) is 24.3 Å². The number of pyridine rings is 2. The average Bonchev–Trinajstić information content (AvgIpc) is 2.46. The van der Waals surface area contributed by atoms with E-state index in [1.807, 2.05) is 19.1 Å². The van der Waals surface area contributed by atoms with Crippen molar-refractivity contribution in [2.45, 2.75) is 13.5 Å². The molecule has 106 valence electrons. The summed E-state index contributed by atoms with van der Waals surface area (Å²) in [6, 6.07) is 4.55. The second-order valence-corrected chi connectivity index (χ2v) is 4.24. The maximum absolute atomic E-state index is 13.9. The second kappa shape index (κ2) is 6.27. The Bertz CT molecular complexity index is 575. The van der Waals surface area contributed by atoms with Gasteiger partial charge >= 0.3 is 0 Å². The van der Waals surface area contributed by atoms with Crippen LogP contribution in [-0.4, -0.2) is 23.6 Å². The summed E-state index contributed by atoms with van der Waals surface area (Å²) in [5.74, 6) is -1.20. The molecule has 2 aromatic rings. The summed E-state index contributed by atoms with van der Waals surface area (Å²) in [4.78, 5) is 9.69. The third-order valence-corrected chi connectivity index (χ3v) is 2.95. The zero-order valence-electron chi connectivity index (χ0n) is 11.4. The predicted octanol–water partition coefficient (Wildman–Crippen LogP) is 2.82. The molecule has 0 fully saturated rings. The van der Waals surface area contributed by atoms with Gasteiger partial charge in [0.05, 0.1) is 0 Å².